The SMILES string of the molecule is CCC1COC2(CCN(C(=O)OCc3ccccc3)CC2)O1. The van der Waals surface area contributed by atoms with Crippen molar-refractivity contribution >= 4 is 6.09 Å². The molecule has 5 heteroatoms. The maximum absolute atomic E-state index is 12.1. The van der Waals surface area contributed by atoms with Gasteiger partial charge in [0.1, 0.15) is 6.61 Å². The van der Waals surface area contributed by atoms with E-state index in [1.165, 1.54) is 0 Å². The van der Waals surface area contributed by atoms with Crippen molar-refractivity contribution < 1.29 is 19.0 Å². The number of hydrogen-bond donors (Lipinski definition) is 0. The van der Waals surface area contributed by atoms with Crippen LogP contribution in [-0.2, 0) is 20.8 Å². The largest absolute Gasteiger partial charge is 0.445 e. The highest BCUT2D eigenvalue weighted by molar-refractivity contribution is 5.67. The van der Waals surface area contributed by atoms with Gasteiger partial charge in [-0.1, -0.05) is 37.3 Å². The molecule has 0 saturated carbocycles. The molecule has 2 saturated heterocycles. The first-order valence-corrected chi connectivity index (χ1v) is 7.98. The number of piperidine rings is 1. The van der Waals surface area contributed by atoms with E-state index < -0.39 is 5.79 Å². The van der Waals surface area contributed by atoms with Crippen LogP contribution in [0.15, 0.2) is 30.3 Å². The van der Waals surface area contributed by atoms with Crippen molar-refractivity contribution in [1.82, 2.24) is 4.90 Å². The lowest BCUT2D eigenvalue weighted by molar-refractivity contribution is -0.192. The Kier molecular flexibility index (Phi) is 4.64. The van der Waals surface area contributed by atoms with E-state index in [-0.39, 0.29) is 12.2 Å². The molecule has 22 heavy (non-hydrogen) atoms. The Morgan fingerprint density at radius 3 is 2.68 bits per heavy atom. The number of hydrogen-bond acceptors (Lipinski definition) is 4. The molecule has 3 rings (SSSR count). The number of rotatable bonds is 3. The minimum atomic E-state index is -0.475. The van der Waals surface area contributed by atoms with Crippen LogP contribution in [0.25, 0.3) is 0 Å². The zero-order valence-electron chi connectivity index (χ0n) is 13.0. The molecule has 2 aliphatic rings. The number of likely N-dealkylation sites (tertiary alicyclic amines) is 1. The standard InChI is InChI=1S/C17H23NO4/c1-2-15-13-21-17(22-15)8-10-18(11-9-17)16(19)20-12-14-6-4-3-5-7-14/h3-7,15H,2,8-13H2,1H3. The van der Waals surface area contributed by atoms with Crippen LogP contribution in [0.2, 0.25) is 0 Å². The summed E-state index contributed by atoms with van der Waals surface area (Å²) in [4.78, 5) is 13.9. The van der Waals surface area contributed by atoms with Gasteiger partial charge in [0.15, 0.2) is 5.79 Å². The number of benzene rings is 1. The average Bonchev–Trinajstić information content (AvgIpc) is 2.97. The number of carbonyl (C=O) groups excluding carboxylic acids is 1. The van der Waals surface area contributed by atoms with Gasteiger partial charge < -0.3 is 19.1 Å². The van der Waals surface area contributed by atoms with Gasteiger partial charge in [0.05, 0.1) is 12.7 Å². The molecular weight excluding hydrogens is 282 g/mol. The summed E-state index contributed by atoms with van der Waals surface area (Å²) in [5.41, 5.74) is 0.998. The zero-order chi connectivity index (χ0) is 15.4. The lowest BCUT2D eigenvalue weighted by Gasteiger charge is -2.37. The molecule has 1 amide bonds. The van der Waals surface area contributed by atoms with E-state index >= 15 is 0 Å². The quantitative estimate of drug-likeness (QED) is 0.861. The maximum atomic E-state index is 12.1. The fourth-order valence-electron chi connectivity index (χ4n) is 2.92. The van der Waals surface area contributed by atoms with Crippen molar-refractivity contribution in [2.45, 2.75) is 44.7 Å². The third-order valence-corrected chi connectivity index (χ3v) is 4.36. The molecule has 1 spiro atoms. The molecule has 1 atom stereocenters. The van der Waals surface area contributed by atoms with E-state index in [2.05, 4.69) is 6.92 Å². The molecule has 0 bridgehead atoms. The summed E-state index contributed by atoms with van der Waals surface area (Å²) in [6.45, 7) is 4.30. The summed E-state index contributed by atoms with van der Waals surface area (Å²) in [7, 11) is 0. The highest BCUT2D eigenvalue weighted by Gasteiger charge is 2.44. The highest BCUT2D eigenvalue weighted by Crippen LogP contribution is 2.35. The van der Waals surface area contributed by atoms with Gasteiger partial charge >= 0.3 is 6.09 Å². The second-order valence-corrected chi connectivity index (χ2v) is 5.90. The first-order chi connectivity index (χ1) is 10.7. The third-order valence-electron chi connectivity index (χ3n) is 4.36. The molecular formula is C17H23NO4. The molecule has 5 nitrogen and oxygen atoms in total. The predicted octanol–water partition coefficient (Wildman–Crippen LogP) is 2.94. The van der Waals surface area contributed by atoms with Gasteiger partial charge in [0, 0.05) is 25.9 Å². The van der Waals surface area contributed by atoms with Crippen LogP contribution in [0.4, 0.5) is 4.79 Å². The maximum Gasteiger partial charge on any atom is 0.410 e. The topological polar surface area (TPSA) is 48.0 Å². The third kappa shape index (κ3) is 3.42. The molecule has 2 aliphatic heterocycles. The Labute approximate surface area is 131 Å². The first-order valence-electron chi connectivity index (χ1n) is 7.98. The van der Waals surface area contributed by atoms with Crippen molar-refractivity contribution in [1.29, 1.82) is 0 Å². The zero-order valence-corrected chi connectivity index (χ0v) is 13.0. The molecule has 2 heterocycles. The van der Waals surface area contributed by atoms with E-state index in [1.807, 2.05) is 30.3 Å². The average molecular weight is 305 g/mol. The van der Waals surface area contributed by atoms with Gasteiger partial charge in [0.25, 0.3) is 0 Å². The Morgan fingerprint density at radius 2 is 2.05 bits per heavy atom. The van der Waals surface area contributed by atoms with E-state index in [0.717, 1.165) is 12.0 Å². The fourth-order valence-corrected chi connectivity index (χ4v) is 2.92. The molecule has 0 N–H and O–H groups in total. The summed E-state index contributed by atoms with van der Waals surface area (Å²) >= 11 is 0. The minimum Gasteiger partial charge on any atom is -0.445 e. The monoisotopic (exact) mass is 305 g/mol. The lowest BCUT2D eigenvalue weighted by Crippen LogP contribution is -2.47. The van der Waals surface area contributed by atoms with Gasteiger partial charge in [0.2, 0.25) is 0 Å². The van der Waals surface area contributed by atoms with Gasteiger partial charge in [-0.3, -0.25) is 0 Å². The van der Waals surface area contributed by atoms with Gasteiger partial charge in [-0.25, -0.2) is 4.79 Å². The number of amides is 1. The van der Waals surface area contributed by atoms with Crippen LogP contribution in [-0.4, -0.2) is 42.6 Å². The van der Waals surface area contributed by atoms with Crippen molar-refractivity contribution in [3.05, 3.63) is 35.9 Å². The Bertz CT molecular complexity index is 497. The van der Waals surface area contributed by atoms with Crippen molar-refractivity contribution in [2.24, 2.45) is 0 Å². The molecule has 1 aromatic carbocycles. The summed E-state index contributed by atoms with van der Waals surface area (Å²) < 4.78 is 17.2. The Balaban J connectivity index is 1.46. The van der Waals surface area contributed by atoms with Gasteiger partial charge in [-0.15, -0.1) is 0 Å². The molecule has 0 radical (unpaired) electrons. The van der Waals surface area contributed by atoms with Crippen LogP contribution < -0.4 is 0 Å². The predicted molar refractivity (Wildman–Crippen MR) is 81.3 cm³/mol. The highest BCUT2D eigenvalue weighted by atomic mass is 16.7. The fraction of sp³-hybridized carbons (Fsp3) is 0.588. The van der Waals surface area contributed by atoms with Crippen molar-refractivity contribution in [2.75, 3.05) is 19.7 Å². The van der Waals surface area contributed by atoms with E-state index in [1.54, 1.807) is 4.90 Å². The molecule has 1 aromatic rings. The second-order valence-electron chi connectivity index (χ2n) is 5.90. The van der Waals surface area contributed by atoms with Crippen LogP contribution >= 0.6 is 0 Å². The van der Waals surface area contributed by atoms with E-state index in [4.69, 9.17) is 14.2 Å². The summed E-state index contributed by atoms with van der Waals surface area (Å²) in [6, 6.07) is 9.72. The Hall–Kier alpha value is -1.59. The van der Waals surface area contributed by atoms with Crippen LogP contribution in [0.1, 0.15) is 31.7 Å². The summed E-state index contributed by atoms with van der Waals surface area (Å²) in [6.07, 6.45) is 2.32. The van der Waals surface area contributed by atoms with E-state index in [0.29, 0.717) is 39.1 Å². The summed E-state index contributed by atoms with van der Waals surface area (Å²) in [5, 5.41) is 0. The van der Waals surface area contributed by atoms with Gasteiger partial charge in [-0.05, 0) is 12.0 Å². The lowest BCUT2D eigenvalue weighted by atomic mass is 10.0. The molecule has 2 fully saturated rings. The molecule has 120 valence electrons. The van der Waals surface area contributed by atoms with Crippen LogP contribution in [0, 0.1) is 0 Å². The Morgan fingerprint density at radius 1 is 1.32 bits per heavy atom. The number of nitrogens with zero attached hydrogens (tertiary/aromatic N) is 1. The second kappa shape index (κ2) is 6.67. The van der Waals surface area contributed by atoms with Gasteiger partial charge in [-0.2, -0.15) is 0 Å². The molecule has 0 aliphatic carbocycles. The van der Waals surface area contributed by atoms with Crippen LogP contribution in [0.5, 0.6) is 0 Å². The minimum absolute atomic E-state index is 0.191. The number of ether oxygens (including phenoxy) is 3. The van der Waals surface area contributed by atoms with E-state index in [9.17, 15) is 4.79 Å². The molecule has 0 aromatic heterocycles. The van der Waals surface area contributed by atoms with Crippen molar-refractivity contribution in [3.8, 4) is 0 Å². The smallest absolute Gasteiger partial charge is 0.410 e. The summed E-state index contributed by atoms with van der Waals surface area (Å²) in [5.74, 6) is -0.475. The number of carbonyl (C=O) groups is 1. The normalized spacial score (nSPS) is 23.7. The first kappa shape index (κ1) is 15.3. The van der Waals surface area contributed by atoms with Crippen LogP contribution in [0.3, 0.4) is 0 Å². The van der Waals surface area contributed by atoms with Crippen molar-refractivity contribution in [3.63, 3.8) is 0 Å². The molecule has 1 unspecified atom stereocenters.